The van der Waals surface area contributed by atoms with E-state index in [0.29, 0.717) is 0 Å². The first-order valence-electron chi connectivity index (χ1n) is 11.6. The van der Waals surface area contributed by atoms with Gasteiger partial charge in [0.1, 0.15) is 0 Å². The summed E-state index contributed by atoms with van der Waals surface area (Å²) in [7, 11) is 0. The molecule has 0 saturated carbocycles. The third kappa shape index (κ3) is 18.3. The Morgan fingerprint density at radius 2 is 0.833 bits per heavy atom. The van der Waals surface area contributed by atoms with E-state index in [1.807, 2.05) is 0 Å². The molecule has 0 heteroatoms. The molecule has 0 nitrogen and oxygen atoms in total. The van der Waals surface area contributed by atoms with Crippen LogP contribution in [0.1, 0.15) is 142 Å². The summed E-state index contributed by atoms with van der Waals surface area (Å²) in [6.45, 7) is 8.60. The zero-order chi connectivity index (χ0) is 17.7. The van der Waals surface area contributed by atoms with Crippen molar-refractivity contribution in [3.63, 3.8) is 0 Å². The molecule has 1 atom stereocenters. The molecule has 1 unspecified atom stereocenters. The number of hydrogen-bond acceptors (Lipinski definition) is 0. The Balaban J connectivity index is 3.44. The second-order valence-corrected chi connectivity index (χ2v) is 8.04. The van der Waals surface area contributed by atoms with Crippen LogP contribution in [0.2, 0.25) is 0 Å². The summed E-state index contributed by atoms with van der Waals surface area (Å²) in [5.41, 5.74) is 0. The standard InChI is InChI=1S/C24H49/c1-4-7-10-12-13-14-15-16-17-18-20-23-24(21-9-6-3)22-19-11-8-5-2/h24H,2,4-23H2,1,3H3. The van der Waals surface area contributed by atoms with Crippen LogP contribution in [0.25, 0.3) is 0 Å². The zero-order valence-corrected chi connectivity index (χ0v) is 17.4. The van der Waals surface area contributed by atoms with Crippen molar-refractivity contribution in [2.75, 3.05) is 0 Å². The molecule has 0 aromatic rings. The first-order chi connectivity index (χ1) is 11.8. The predicted molar refractivity (Wildman–Crippen MR) is 113 cm³/mol. The van der Waals surface area contributed by atoms with E-state index >= 15 is 0 Å². The molecule has 24 heavy (non-hydrogen) atoms. The molecule has 0 fully saturated rings. The Labute approximate surface area is 155 Å². The fourth-order valence-electron chi connectivity index (χ4n) is 3.81. The van der Waals surface area contributed by atoms with Gasteiger partial charge >= 0.3 is 0 Å². The fraction of sp³-hybridized carbons (Fsp3) is 0.958. The molecule has 0 spiro atoms. The van der Waals surface area contributed by atoms with Crippen molar-refractivity contribution in [1.82, 2.24) is 0 Å². The molecule has 0 aliphatic heterocycles. The van der Waals surface area contributed by atoms with E-state index in [1.54, 1.807) is 0 Å². The molecule has 0 aliphatic rings. The van der Waals surface area contributed by atoms with E-state index in [0.717, 1.165) is 12.3 Å². The molecule has 1 radical (unpaired) electrons. The maximum absolute atomic E-state index is 3.96. The van der Waals surface area contributed by atoms with Crippen molar-refractivity contribution in [2.24, 2.45) is 5.92 Å². The maximum Gasteiger partial charge on any atom is -0.0414 e. The smallest absolute Gasteiger partial charge is 0.0414 e. The van der Waals surface area contributed by atoms with E-state index < -0.39 is 0 Å². The Morgan fingerprint density at radius 3 is 1.29 bits per heavy atom. The van der Waals surface area contributed by atoms with Crippen LogP contribution in [0.3, 0.4) is 0 Å². The van der Waals surface area contributed by atoms with Gasteiger partial charge in [-0.05, 0) is 5.92 Å². The highest BCUT2D eigenvalue weighted by molar-refractivity contribution is 4.61. The van der Waals surface area contributed by atoms with Crippen molar-refractivity contribution in [3.8, 4) is 0 Å². The van der Waals surface area contributed by atoms with Crippen LogP contribution >= 0.6 is 0 Å². The Kier molecular flexibility index (Phi) is 21.0. The highest BCUT2D eigenvalue weighted by Gasteiger charge is 2.07. The topological polar surface area (TPSA) is 0 Å². The Hall–Kier alpha value is 0. The summed E-state index contributed by atoms with van der Waals surface area (Å²) in [5.74, 6) is 1.02. The molecule has 0 N–H and O–H groups in total. The molecule has 0 rings (SSSR count). The minimum absolute atomic E-state index is 1.02. The second kappa shape index (κ2) is 21.0. The SMILES string of the molecule is [CH2]CCCCCC(CCCC)CCCCCCCCCCCCC. The molecule has 0 saturated heterocycles. The largest absolute Gasteiger partial charge is 0.0654 e. The monoisotopic (exact) mass is 337 g/mol. The molecular weight excluding hydrogens is 288 g/mol. The van der Waals surface area contributed by atoms with Gasteiger partial charge in [-0.1, -0.05) is 149 Å². The van der Waals surface area contributed by atoms with Crippen LogP contribution < -0.4 is 0 Å². The highest BCUT2D eigenvalue weighted by atomic mass is 14.1. The lowest BCUT2D eigenvalue weighted by Gasteiger charge is -2.16. The molecule has 0 bridgehead atoms. The van der Waals surface area contributed by atoms with Crippen molar-refractivity contribution in [2.45, 2.75) is 142 Å². The molecule has 0 aliphatic carbocycles. The molecule has 0 heterocycles. The van der Waals surface area contributed by atoms with Crippen molar-refractivity contribution in [1.29, 1.82) is 0 Å². The van der Waals surface area contributed by atoms with Gasteiger partial charge in [-0.15, -0.1) is 0 Å². The average Bonchev–Trinajstić information content (AvgIpc) is 2.60. The van der Waals surface area contributed by atoms with Crippen LogP contribution in [-0.2, 0) is 0 Å². The third-order valence-corrected chi connectivity index (χ3v) is 5.54. The quantitative estimate of drug-likeness (QED) is 0.194. The van der Waals surface area contributed by atoms with E-state index in [4.69, 9.17) is 0 Å². The van der Waals surface area contributed by atoms with Gasteiger partial charge in [-0.3, -0.25) is 0 Å². The summed E-state index contributed by atoms with van der Waals surface area (Å²) in [6, 6.07) is 0. The lowest BCUT2D eigenvalue weighted by Crippen LogP contribution is -2.01. The van der Waals surface area contributed by atoms with Gasteiger partial charge in [-0.2, -0.15) is 0 Å². The average molecular weight is 338 g/mol. The molecule has 0 aromatic heterocycles. The maximum atomic E-state index is 3.96. The van der Waals surface area contributed by atoms with E-state index in [-0.39, 0.29) is 0 Å². The van der Waals surface area contributed by atoms with Gasteiger partial charge in [-0.25, -0.2) is 0 Å². The number of unbranched alkanes of at least 4 members (excludes halogenated alkanes) is 14. The zero-order valence-electron chi connectivity index (χ0n) is 17.4. The third-order valence-electron chi connectivity index (χ3n) is 5.54. The minimum atomic E-state index is 1.02. The van der Waals surface area contributed by atoms with Crippen molar-refractivity contribution >= 4 is 0 Å². The van der Waals surface area contributed by atoms with Gasteiger partial charge in [0.05, 0.1) is 0 Å². The summed E-state index contributed by atoms with van der Waals surface area (Å²) in [4.78, 5) is 0. The highest BCUT2D eigenvalue weighted by Crippen LogP contribution is 2.23. The molecular formula is C24H49. The number of hydrogen-bond donors (Lipinski definition) is 0. The van der Waals surface area contributed by atoms with Crippen molar-refractivity contribution in [3.05, 3.63) is 6.92 Å². The second-order valence-electron chi connectivity index (χ2n) is 8.04. The molecule has 0 amide bonds. The van der Waals surface area contributed by atoms with E-state index in [2.05, 4.69) is 20.8 Å². The van der Waals surface area contributed by atoms with Gasteiger partial charge in [0.2, 0.25) is 0 Å². The minimum Gasteiger partial charge on any atom is -0.0654 e. The summed E-state index contributed by atoms with van der Waals surface area (Å²) >= 11 is 0. The van der Waals surface area contributed by atoms with Crippen LogP contribution in [0.4, 0.5) is 0 Å². The van der Waals surface area contributed by atoms with E-state index in [9.17, 15) is 0 Å². The Morgan fingerprint density at radius 1 is 0.458 bits per heavy atom. The first-order valence-corrected chi connectivity index (χ1v) is 11.6. The van der Waals surface area contributed by atoms with Gasteiger partial charge < -0.3 is 0 Å². The summed E-state index contributed by atoms with van der Waals surface area (Å²) in [5, 5.41) is 0. The van der Waals surface area contributed by atoms with Crippen LogP contribution in [-0.4, -0.2) is 0 Å². The molecule has 0 aromatic carbocycles. The lowest BCUT2D eigenvalue weighted by molar-refractivity contribution is 0.372. The van der Waals surface area contributed by atoms with Gasteiger partial charge in [0, 0.05) is 0 Å². The molecule has 145 valence electrons. The van der Waals surface area contributed by atoms with Gasteiger partial charge in [0.15, 0.2) is 0 Å². The van der Waals surface area contributed by atoms with Crippen LogP contribution in [0.15, 0.2) is 0 Å². The van der Waals surface area contributed by atoms with Crippen molar-refractivity contribution < 1.29 is 0 Å². The normalized spacial score (nSPS) is 12.6. The summed E-state index contributed by atoms with van der Waals surface area (Å²) < 4.78 is 0. The fourth-order valence-corrected chi connectivity index (χ4v) is 3.81. The lowest BCUT2D eigenvalue weighted by atomic mass is 9.90. The van der Waals surface area contributed by atoms with Crippen LogP contribution in [0, 0.1) is 12.8 Å². The van der Waals surface area contributed by atoms with Gasteiger partial charge in [0.25, 0.3) is 0 Å². The first kappa shape index (κ1) is 24.0. The Bertz CT molecular complexity index is 208. The number of rotatable bonds is 20. The predicted octanol–water partition coefficient (Wildman–Crippen LogP) is 9.28. The van der Waals surface area contributed by atoms with E-state index in [1.165, 1.54) is 122 Å². The van der Waals surface area contributed by atoms with Crippen LogP contribution in [0.5, 0.6) is 0 Å². The summed E-state index contributed by atoms with van der Waals surface area (Å²) in [6.07, 6.45) is 28.7.